The van der Waals surface area contributed by atoms with E-state index in [0.717, 1.165) is 6.54 Å². The molecule has 4 nitrogen and oxygen atoms in total. The van der Waals surface area contributed by atoms with E-state index in [4.69, 9.17) is 15.3 Å². The Morgan fingerprint density at radius 1 is 0.941 bits per heavy atom. The summed E-state index contributed by atoms with van der Waals surface area (Å²) >= 11 is 0. The molecule has 1 aromatic carbocycles. The molecule has 0 saturated carbocycles. The first kappa shape index (κ1) is 16.1. The summed E-state index contributed by atoms with van der Waals surface area (Å²) in [6.45, 7) is 4.19. The first-order valence-corrected chi connectivity index (χ1v) is 5.87. The third-order valence-corrected chi connectivity index (χ3v) is 2.08. The molecule has 0 unspecified atom stereocenters. The number of aliphatic hydroxyl groups is 3. The fourth-order valence-electron chi connectivity index (χ4n) is 1.39. The second kappa shape index (κ2) is 11.5. The van der Waals surface area contributed by atoms with E-state index >= 15 is 0 Å². The minimum Gasteiger partial charge on any atom is -0.397 e. The van der Waals surface area contributed by atoms with E-state index in [1.54, 1.807) is 6.92 Å². The number of aliphatic hydroxyl groups excluding tert-OH is 3. The molecular formula is C13H23NO3. The summed E-state index contributed by atoms with van der Waals surface area (Å²) in [4.78, 5) is 2.02. The lowest BCUT2D eigenvalue weighted by Crippen LogP contribution is -2.29. The Labute approximate surface area is 103 Å². The predicted octanol–water partition coefficient (Wildman–Crippen LogP) is 0.472. The molecule has 0 aliphatic carbocycles. The maximum Gasteiger partial charge on any atom is 0.0558 e. The Morgan fingerprint density at radius 2 is 1.41 bits per heavy atom. The van der Waals surface area contributed by atoms with Gasteiger partial charge in [-0.3, -0.25) is 4.90 Å². The van der Waals surface area contributed by atoms with Crippen LogP contribution in [0.5, 0.6) is 0 Å². The Morgan fingerprint density at radius 3 is 1.82 bits per heavy atom. The van der Waals surface area contributed by atoms with Crippen molar-refractivity contribution in [2.75, 3.05) is 32.9 Å². The summed E-state index contributed by atoms with van der Waals surface area (Å²) in [7, 11) is 0. The average molecular weight is 241 g/mol. The molecule has 98 valence electrons. The van der Waals surface area contributed by atoms with Gasteiger partial charge < -0.3 is 15.3 Å². The Balaban J connectivity index is 0.000000770. The quantitative estimate of drug-likeness (QED) is 0.677. The molecular weight excluding hydrogens is 218 g/mol. The van der Waals surface area contributed by atoms with Gasteiger partial charge in [-0.05, 0) is 12.5 Å². The van der Waals surface area contributed by atoms with Gasteiger partial charge in [-0.15, -0.1) is 0 Å². The fraction of sp³-hybridized carbons (Fsp3) is 0.538. The van der Waals surface area contributed by atoms with Crippen molar-refractivity contribution in [2.24, 2.45) is 0 Å². The second-order valence-corrected chi connectivity index (χ2v) is 3.53. The highest BCUT2D eigenvalue weighted by Crippen LogP contribution is 2.03. The third kappa shape index (κ3) is 8.83. The van der Waals surface area contributed by atoms with E-state index in [-0.39, 0.29) is 19.8 Å². The zero-order chi connectivity index (χ0) is 12.9. The van der Waals surface area contributed by atoms with Crippen molar-refractivity contribution in [3.63, 3.8) is 0 Å². The van der Waals surface area contributed by atoms with Crippen LogP contribution >= 0.6 is 0 Å². The Bertz CT molecular complexity index is 248. The zero-order valence-corrected chi connectivity index (χ0v) is 10.4. The molecule has 1 aromatic rings. The number of rotatable bonds is 6. The number of hydrogen-bond donors (Lipinski definition) is 3. The Hall–Kier alpha value is -0.940. The van der Waals surface area contributed by atoms with E-state index < -0.39 is 0 Å². The van der Waals surface area contributed by atoms with Crippen LogP contribution in [0.3, 0.4) is 0 Å². The molecule has 0 radical (unpaired) electrons. The number of benzene rings is 1. The first-order chi connectivity index (χ1) is 8.28. The molecule has 0 amide bonds. The van der Waals surface area contributed by atoms with Gasteiger partial charge in [0.05, 0.1) is 13.2 Å². The number of nitrogens with zero attached hydrogens (tertiary/aromatic N) is 1. The largest absolute Gasteiger partial charge is 0.397 e. The molecule has 3 N–H and O–H groups in total. The highest BCUT2D eigenvalue weighted by molar-refractivity contribution is 5.14. The highest BCUT2D eigenvalue weighted by Gasteiger charge is 2.03. The van der Waals surface area contributed by atoms with Crippen molar-refractivity contribution < 1.29 is 15.3 Å². The minimum atomic E-state index is 0.132. The summed E-state index contributed by atoms with van der Waals surface area (Å²) in [5.41, 5.74) is 1.20. The van der Waals surface area contributed by atoms with Crippen LogP contribution in [0, 0.1) is 0 Å². The van der Waals surface area contributed by atoms with Gasteiger partial charge in [-0.1, -0.05) is 30.3 Å². The molecule has 17 heavy (non-hydrogen) atoms. The summed E-state index contributed by atoms with van der Waals surface area (Å²) in [5.74, 6) is 0. The maximum absolute atomic E-state index is 8.82. The van der Waals surface area contributed by atoms with E-state index in [0.29, 0.717) is 13.1 Å². The van der Waals surface area contributed by atoms with Gasteiger partial charge in [0, 0.05) is 26.2 Å². The van der Waals surface area contributed by atoms with E-state index in [2.05, 4.69) is 0 Å². The predicted molar refractivity (Wildman–Crippen MR) is 68.7 cm³/mol. The van der Waals surface area contributed by atoms with Crippen LogP contribution in [-0.4, -0.2) is 53.1 Å². The van der Waals surface area contributed by atoms with Gasteiger partial charge in [-0.25, -0.2) is 0 Å². The molecule has 0 spiro atoms. The minimum absolute atomic E-state index is 0.132. The van der Waals surface area contributed by atoms with Crippen LogP contribution in [0.1, 0.15) is 12.5 Å². The van der Waals surface area contributed by atoms with E-state index in [1.165, 1.54) is 5.56 Å². The van der Waals surface area contributed by atoms with Crippen LogP contribution in [0.25, 0.3) is 0 Å². The van der Waals surface area contributed by atoms with Crippen LogP contribution in [0.15, 0.2) is 30.3 Å². The SMILES string of the molecule is CCO.OCCN(CCO)Cc1ccccc1. The fourth-order valence-corrected chi connectivity index (χ4v) is 1.39. The topological polar surface area (TPSA) is 63.9 Å². The molecule has 0 heterocycles. The molecule has 0 saturated heterocycles. The molecule has 4 heteroatoms. The number of hydrogen-bond acceptors (Lipinski definition) is 4. The maximum atomic E-state index is 8.82. The molecule has 1 rings (SSSR count). The summed E-state index contributed by atoms with van der Waals surface area (Å²) in [5, 5.41) is 25.2. The summed E-state index contributed by atoms with van der Waals surface area (Å²) < 4.78 is 0. The molecule has 0 aromatic heterocycles. The Kier molecular flexibility index (Phi) is 10.9. The standard InChI is InChI=1S/C11H17NO2.C2H6O/c13-8-6-12(7-9-14)10-11-4-2-1-3-5-11;1-2-3/h1-5,13-14H,6-10H2;3H,2H2,1H3. The van der Waals surface area contributed by atoms with Crippen LogP contribution in [-0.2, 0) is 6.54 Å². The highest BCUT2D eigenvalue weighted by atomic mass is 16.3. The third-order valence-electron chi connectivity index (χ3n) is 2.08. The van der Waals surface area contributed by atoms with Crippen molar-refractivity contribution in [2.45, 2.75) is 13.5 Å². The van der Waals surface area contributed by atoms with Crippen LogP contribution < -0.4 is 0 Å². The zero-order valence-electron chi connectivity index (χ0n) is 10.4. The van der Waals surface area contributed by atoms with E-state index in [1.807, 2.05) is 35.2 Å². The summed E-state index contributed by atoms with van der Waals surface area (Å²) in [6, 6.07) is 10.0. The molecule has 0 aliphatic rings. The average Bonchev–Trinajstić information content (AvgIpc) is 2.32. The van der Waals surface area contributed by atoms with Crippen molar-refractivity contribution in [3.05, 3.63) is 35.9 Å². The van der Waals surface area contributed by atoms with Gasteiger partial charge in [0.2, 0.25) is 0 Å². The van der Waals surface area contributed by atoms with Gasteiger partial charge >= 0.3 is 0 Å². The van der Waals surface area contributed by atoms with Crippen LogP contribution in [0.2, 0.25) is 0 Å². The normalized spacial score (nSPS) is 9.94. The lowest BCUT2D eigenvalue weighted by molar-refractivity contribution is 0.156. The monoisotopic (exact) mass is 241 g/mol. The second-order valence-electron chi connectivity index (χ2n) is 3.53. The molecule has 0 fully saturated rings. The smallest absolute Gasteiger partial charge is 0.0558 e. The van der Waals surface area contributed by atoms with Crippen molar-refractivity contribution in [1.29, 1.82) is 0 Å². The van der Waals surface area contributed by atoms with Crippen molar-refractivity contribution in [1.82, 2.24) is 4.90 Å². The molecule has 0 bridgehead atoms. The van der Waals surface area contributed by atoms with Gasteiger partial charge in [0.25, 0.3) is 0 Å². The lowest BCUT2D eigenvalue weighted by Gasteiger charge is -2.19. The van der Waals surface area contributed by atoms with Gasteiger partial charge in [0.1, 0.15) is 0 Å². The lowest BCUT2D eigenvalue weighted by atomic mass is 10.2. The van der Waals surface area contributed by atoms with Gasteiger partial charge in [0.15, 0.2) is 0 Å². The molecule has 0 aliphatic heterocycles. The summed E-state index contributed by atoms with van der Waals surface area (Å²) in [6.07, 6.45) is 0. The van der Waals surface area contributed by atoms with Crippen LogP contribution in [0.4, 0.5) is 0 Å². The van der Waals surface area contributed by atoms with Gasteiger partial charge in [-0.2, -0.15) is 0 Å². The van der Waals surface area contributed by atoms with Crippen molar-refractivity contribution >= 4 is 0 Å². The first-order valence-electron chi connectivity index (χ1n) is 5.87. The van der Waals surface area contributed by atoms with E-state index in [9.17, 15) is 0 Å². The van der Waals surface area contributed by atoms with Crippen molar-refractivity contribution in [3.8, 4) is 0 Å². The molecule has 0 atom stereocenters.